The molecule has 1 fully saturated rings. The molecule has 1 aromatic carbocycles. The summed E-state index contributed by atoms with van der Waals surface area (Å²) >= 11 is 5.79. The number of hydrogen-bond donors (Lipinski definition) is 1. The molecule has 100 valence electrons. The standard InChI is InChI=1S/C11H14ClFN2O2S/c12-10-5-9(13)1-2-11(10)18(16,17)15-4-3-8(6-14)7-15/h1-2,5,8H,3-4,6-7,14H2. The van der Waals surface area contributed by atoms with Crippen LogP contribution in [0.5, 0.6) is 0 Å². The first-order chi connectivity index (χ1) is 8.45. The van der Waals surface area contributed by atoms with E-state index in [1.165, 1.54) is 10.4 Å². The number of halogens is 2. The fourth-order valence-electron chi connectivity index (χ4n) is 2.03. The molecule has 1 aliphatic heterocycles. The summed E-state index contributed by atoms with van der Waals surface area (Å²) in [6.45, 7) is 1.29. The monoisotopic (exact) mass is 292 g/mol. The van der Waals surface area contributed by atoms with Gasteiger partial charge in [0.15, 0.2) is 0 Å². The lowest BCUT2D eigenvalue weighted by molar-refractivity contribution is 0.459. The fourth-order valence-corrected chi connectivity index (χ4v) is 4.07. The highest BCUT2D eigenvalue weighted by atomic mass is 35.5. The van der Waals surface area contributed by atoms with Gasteiger partial charge in [-0.3, -0.25) is 0 Å². The molecule has 1 saturated heterocycles. The van der Waals surface area contributed by atoms with Crippen LogP contribution in [0.1, 0.15) is 6.42 Å². The van der Waals surface area contributed by atoms with E-state index in [0.717, 1.165) is 18.6 Å². The highest BCUT2D eigenvalue weighted by molar-refractivity contribution is 7.89. The van der Waals surface area contributed by atoms with Gasteiger partial charge in [-0.25, -0.2) is 12.8 Å². The molecular weight excluding hydrogens is 279 g/mol. The van der Waals surface area contributed by atoms with Gasteiger partial charge in [0.25, 0.3) is 0 Å². The molecule has 1 heterocycles. The Balaban J connectivity index is 2.31. The molecule has 1 aromatic rings. The van der Waals surface area contributed by atoms with Gasteiger partial charge >= 0.3 is 0 Å². The smallest absolute Gasteiger partial charge is 0.244 e. The lowest BCUT2D eigenvalue weighted by Gasteiger charge is -2.17. The highest BCUT2D eigenvalue weighted by Gasteiger charge is 2.33. The number of sulfonamides is 1. The van der Waals surface area contributed by atoms with Crippen LogP contribution < -0.4 is 5.73 Å². The normalized spacial score (nSPS) is 21.4. The van der Waals surface area contributed by atoms with Crippen LogP contribution in [0.3, 0.4) is 0 Å². The molecule has 0 amide bonds. The third kappa shape index (κ3) is 2.51. The van der Waals surface area contributed by atoms with Gasteiger partial charge in [-0.15, -0.1) is 0 Å². The predicted molar refractivity (Wildman–Crippen MR) is 67.3 cm³/mol. The summed E-state index contributed by atoms with van der Waals surface area (Å²) in [6, 6.07) is 3.29. The topological polar surface area (TPSA) is 63.4 Å². The van der Waals surface area contributed by atoms with Gasteiger partial charge in [-0.05, 0) is 37.1 Å². The molecule has 0 saturated carbocycles. The molecule has 1 aliphatic rings. The zero-order valence-corrected chi connectivity index (χ0v) is 11.2. The van der Waals surface area contributed by atoms with E-state index in [0.29, 0.717) is 19.6 Å². The Bertz CT molecular complexity index is 550. The van der Waals surface area contributed by atoms with Crippen LogP contribution in [0.4, 0.5) is 4.39 Å². The lowest BCUT2D eigenvalue weighted by Crippen LogP contribution is -2.30. The maximum Gasteiger partial charge on any atom is 0.244 e. The molecule has 0 aromatic heterocycles. The second kappa shape index (κ2) is 5.13. The van der Waals surface area contributed by atoms with Gasteiger partial charge in [0.05, 0.1) is 5.02 Å². The van der Waals surface area contributed by atoms with Crippen molar-refractivity contribution in [2.24, 2.45) is 11.7 Å². The van der Waals surface area contributed by atoms with Crippen LogP contribution in [0, 0.1) is 11.7 Å². The summed E-state index contributed by atoms with van der Waals surface area (Å²) < 4.78 is 38.9. The van der Waals surface area contributed by atoms with E-state index >= 15 is 0 Å². The Morgan fingerprint density at radius 2 is 2.22 bits per heavy atom. The number of rotatable bonds is 3. The van der Waals surface area contributed by atoms with Gasteiger partial charge < -0.3 is 5.73 Å². The van der Waals surface area contributed by atoms with E-state index in [9.17, 15) is 12.8 Å². The van der Waals surface area contributed by atoms with Crippen LogP contribution in [0.2, 0.25) is 5.02 Å². The number of benzene rings is 1. The molecule has 0 radical (unpaired) electrons. The third-order valence-electron chi connectivity index (χ3n) is 3.09. The third-order valence-corrected chi connectivity index (χ3v) is 5.44. The van der Waals surface area contributed by atoms with Gasteiger partial charge in [0, 0.05) is 13.1 Å². The van der Waals surface area contributed by atoms with Crippen LogP contribution >= 0.6 is 11.6 Å². The van der Waals surface area contributed by atoms with E-state index in [1.54, 1.807) is 0 Å². The Kier molecular flexibility index (Phi) is 3.91. The van der Waals surface area contributed by atoms with Crippen molar-refractivity contribution in [2.45, 2.75) is 11.3 Å². The van der Waals surface area contributed by atoms with Crippen molar-refractivity contribution in [3.8, 4) is 0 Å². The first-order valence-electron chi connectivity index (χ1n) is 5.60. The molecule has 0 spiro atoms. The van der Waals surface area contributed by atoms with E-state index in [2.05, 4.69) is 0 Å². The SMILES string of the molecule is NCC1CCN(S(=O)(=O)c2ccc(F)cc2Cl)C1. The zero-order chi connectivity index (χ0) is 13.3. The van der Waals surface area contributed by atoms with Crippen molar-refractivity contribution in [3.05, 3.63) is 29.0 Å². The average Bonchev–Trinajstić information content (AvgIpc) is 2.77. The maximum absolute atomic E-state index is 12.9. The van der Waals surface area contributed by atoms with Crippen molar-refractivity contribution in [3.63, 3.8) is 0 Å². The highest BCUT2D eigenvalue weighted by Crippen LogP contribution is 2.28. The molecule has 1 unspecified atom stereocenters. The predicted octanol–water partition coefficient (Wildman–Crippen LogP) is 1.45. The molecule has 7 heteroatoms. The first kappa shape index (κ1) is 13.7. The van der Waals surface area contributed by atoms with E-state index < -0.39 is 15.8 Å². The zero-order valence-electron chi connectivity index (χ0n) is 9.64. The van der Waals surface area contributed by atoms with Crippen molar-refractivity contribution in [2.75, 3.05) is 19.6 Å². The summed E-state index contributed by atoms with van der Waals surface area (Å²) in [4.78, 5) is -0.0526. The van der Waals surface area contributed by atoms with Crippen molar-refractivity contribution in [1.29, 1.82) is 0 Å². The number of nitrogens with zero attached hydrogens (tertiary/aromatic N) is 1. The maximum atomic E-state index is 12.9. The molecule has 18 heavy (non-hydrogen) atoms. The number of hydrogen-bond acceptors (Lipinski definition) is 3. The summed E-state index contributed by atoms with van der Waals surface area (Å²) in [7, 11) is -3.65. The molecule has 2 rings (SSSR count). The summed E-state index contributed by atoms with van der Waals surface area (Å²) in [5.74, 6) is -0.376. The van der Waals surface area contributed by atoms with Crippen LogP contribution in [-0.2, 0) is 10.0 Å². The summed E-state index contributed by atoms with van der Waals surface area (Å²) in [5, 5.41) is -0.0915. The lowest BCUT2D eigenvalue weighted by atomic mass is 10.1. The van der Waals surface area contributed by atoms with Crippen LogP contribution in [0.25, 0.3) is 0 Å². The summed E-state index contributed by atoms with van der Waals surface area (Å²) in [6.07, 6.45) is 0.745. The van der Waals surface area contributed by atoms with Crippen LogP contribution in [0.15, 0.2) is 23.1 Å². The Morgan fingerprint density at radius 3 is 2.78 bits per heavy atom. The average molecular weight is 293 g/mol. The minimum absolute atomic E-state index is 0.0526. The number of nitrogens with two attached hydrogens (primary N) is 1. The molecule has 0 aliphatic carbocycles. The Labute approximate surface area is 111 Å². The van der Waals surface area contributed by atoms with E-state index in [4.69, 9.17) is 17.3 Å². The minimum atomic E-state index is -3.65. The molecule has 4 nitrogen and oxygen atoms in total. The largest absolute Gasteiger partial charge is 0.330 e. The van der Waals surface area contributed by atoms with Crippen LogP contribution in [-0.4, -0.2) is 32.4 Å². The quantitative estimate of drug-likeness (QED) is 0.917. The van der Waals surface area contributed by atoms with E-state index in [1.807, 2.05) is 0 Å². The van der Waals surface area contributed by atoms with Gasteiger partial charge in [-0.2, -0.15) is 4.31 Å². The second-order valence-corrected chi connectivity index (χ2v) is 6.64. The Morgan fingerprint density at radius 1 is 1.50 bits per heavy atom. The second-order valence-electron chi connectivity index (χ2n) is 4.33. The minimum Gasteiger partial charge on any atom is -0.330 e. The van der Waals surface area contributed by atoms with Gasteiger partial charge in [0.1, 0.15) is 10.7 Å². The van der Waals surface area contributed by atoms with Crippen molar-refractivity contribution >= 4 is 21.6 Å². The Hall–Kier alpha value is -0.690. The summed E-state index contributed by atoms with van der Waals surface area (Å²) in [5.41, 5.74) is 5.53. The molecular formula is C11H14ClFN2O2S. The van der Waals surface area contributed by atoms with E-state index in [-0.39, 0.29) is 15.8 Å². The first-order valence-corrected chi connectivity index (χ1v) is 7.42. The van der Waals surface area contributed by atoms with Gasteiger partial charge in [0.2, 0.25) is 10.0 Å². The van der Waals surface area contributed by atoms with Crippen molar-refractivity contribution in [1.82, 2.24) is 4.31 Å². The fraction of sp³-hybridized carbons (Fsp3) is 0.455. The van der Waals surface area contributed by atoms with Crippen molar-refractivity contribution < 1.29 is 12.8 Å². The molecule has 2 N–H and O–H groups in total. The molecule has 0 bridgehead atoms. The molecule has 1 atom stereocenters. The van der Waals surface area contributed by atoms with Gasteiger partial charge in [-0.1, -0.05) is 11.6 Å².